The normalized spacial score (nSPS) is 17.1. The second-order valence-corrected chi connectivity index (χ2v) is 8.36. The summed E-state index contributed by atoms with van der Waals surface area (Å²) in [4.78, 5) is 50.0. The number of nitrogens with two attached hydrogens (primary N) is 1. The number of carboxylic acids is 2. The zero-order valence-corrected chi connectivity index (χ0v) is 19.1. The molecular formula is C25H29N3O7. The van der Waals surface area contributed by atoms with Gasteiger partial charge in [0.2, 0.25) is 5.91 Å². The number of fused-ring (bicyclic) bond motifs is 1. The number of carbonyl (C=O) groups is 4. The van der Waals surface area contributed by atoms with Crippen LogP contribution in [0.15, 0.2) is 54.6 Å². The third kappa shape index (κ3) is 7.11. The number of aliphatic carboxylic acids is 2. The molecule has 0 unspecified atom stereocenters. The summed E-state index contributed by atoms with van der Waals surface area (Å²) < 4.78 is 5.15. The van der Waals surface area contributed by atoms with Crippen LogP contribution >= 0.6 is 0 Å². The topological polar surface area (TPSA) is 159 Å². The van der Waals surface area contributed by atoms with Gasteiger partial charge in [-0.05, 0) is 42.9 Å². The van der Waals surface area contributed by atoms with E-state index in [1.165, 1.54) is 4.90 Å². The van der Waals surface area contributed by atoms with Crippen LogP contribution in [0.5, 0.6) is 0 Å². The monoisotopic (exact) mass is 483 g/mol. The van der Waals surface area contributed by atoms with Crippen molar-refractivity contribution in [3.05, 3.63) is 65.7 Å². The Balaban J connectivity index is 1.79. The molecule has 186 valence electrons. The van der Waals surface area contributed by atoms with Gasteiger partial charge in [0.25, 0.3) is 0 Å². The Kier molecular flexibility index (Phi) is 8.93. The van der Waals surface area contributed by atoms with Crippen molar-refractivity contribution in [1.82, 2.24) is 5.32 Å². The van der Waals surface area contributed by atoms with E-state index in [9.17, 15) is 24.3 Å². The Labute approximate surface area is 202 Å². The van der Waals surface area contributed by atoms with Crippen molar-refractivity contribution in [2.75, 3.05) is 18.1 Å². The second kappa shape index (κ2) is 12.1. The van der Waals surface area contributed by atoms with Gasteiger partial charge < -0.3 is 20.7 Å². The van der Waals surface area contributed by atoms with Crippen LogP contribution in [0, 0.1) is 0 Å². The van der Waals surface area contributed by atoms with Gasteiger partial charge in [-0.2, -0.15) is 0 Å². The molecule has 0 bridgehead atoms. The molecule has 0 fully saturated rings. The predicted octanol–water partition coefficient (Wildman–Crippen LogP) is 0.965. The molecule has 35 heavy (non-hydrogen) atoms. The summed E-state index contributed by atoms with van der Waals surface area (Å²) in [5.41, 5.74) is 7.79. The first-order valence-electron chi connectivity index (χ1n) is 11.3. The van der Waals surface area contributed by atoms with E-state index in [-0.39, 0.29) is 6.42 Å². The number of hydrogen-bond acceptors (Lipinski definition) is 7. The number of esters is 1. The molecule has 1 heterocycles. The Hall–Kier alpha value is -3.76. The lowest BCUT2D eigenvalue weighted by Crippen LogP contribution is -2.53. The highest BCUT2D eigenvalue weighted by Crippen LogP contribution is 2.27. The number of carboxylic acid groups (broad SMARTS) is 2. The molecule has 3 rings (SSSR count). The van der Waals surface area contributed by atoms with Gasteiger partial charge in [-0.1, -0.05) is 48.5 Å². The minimum Gasteiger partial charge on any atom is -0.480 e. The Morgan fingerprint density at radius 2 is 1.77 bits per heavy atom. The van der Waals surface area contributed by atoms with Crippen molar-refractivity contribution in [3.63, 3.8) is 0 Å². The van der Waals surface area contributed by atoms with Crippen molar-refractivity contribution >= 4 is 29.5 Å². The smallest absolute Gasteiger partial charge is 0.324 e. The van der Waals surface area contributed by atoms with E-state index in [0.29, 0.717) is 24.9 Å². The zero-order chi connectivity index (χ0) is 25.4. The summed E-state index contributed by atoms with van der Waals surface area (Å²) in [6.07, 6.45) is 1.62. The summed E-state index contributed by atoms with van der Waals surface area (Å²) in [6.45, 7) is -1.02. The van der Waals surface area contributed by atoms with E-state index in [4.69, 9.17) is 15.6 Å². The van der Waals surface area contributed by atoms with E-state index in [2.05, 4.69) is 5.32 Å². The van der Waals surface area contributed by atoms with Gasteiger partial charge in [0.05, 0.1) is 6.04 Å². The van der Waals surface area contributed by atoms with Crippen LogP contribution < -0.4 is 16.0 Å². The Morgan fingerprint density at radius 1 is 1.09 bits per heavy atom. The lowest BCUT2D eigenvalue weighted by molar-refractivity contribution is -0.150. The largest absolute Gasteiger partial charge is 0.480 e. The summed E-state index contributed by atoms with van der Waals surface area (Å²) in [5.74, 6) is -3.64. The van der Waals surface area contributed by atoms with Gasteiger partial charge in [-0.3, -0.25) is 29.4 Å². The summed E-state index contributed by atoms with van der Waals surface area (Å²) in [5, 5.41) is 21.4. The maximum atomic E-state index is 13.4. The molecule has 5 N–H and O–H groups in total. The molecule has 0 aromatic heterocycles. The molecule has 10 heteroatoms. The Morgan fingerprint density at radius 3 is 2.46 bits per heavy atom. The first-order valence-corrected chi connectivity index (χ1v) is 11.3. The number of amides is 1. The second-order valence-electron chi connectivity index (χ2n) is 8.36. The SMILES string of the molecule is N[C@@H](COC(=O)[C@H](CCc1ccccc1)N[C@@H]1CCc2ccccc2N(CC(=O)O)C1=O)C(=O)O. The molecule has 0 saturated carbocycles. The van der Waals surface area contributed by atoms with Crippen molar-refractivity contribution in [3.8, 4) is 0 Å². The van der Waals surface area contributed by atoms with Crippen molar-refractivity contribution in [1.29, 1.82) is 0 Å². The van der Waals surface area contributed by atoms with Crippen molar-refractivity contribution in [2.24, 2.45) is 5.73 Å². The average molecular weight is 484 g/mol. The van der Waals surface area contributed by atoms with E-state index >= 15 is 0 Å². The van der Waals surface area contributed by atoms with Crippen LogP contribution in [0.2, 0.25) is 0 Å². The number of aryl methyl sites for hydroxylation is 2. The molecular weight excluding hydrogens is 454 g/mol. The highest BCUT2D eigenvalue weighted by molar-refractivity contribution is 6.02. The van der Waals surface area contributed by atoms with Gasteiger partial charge in [-0.25, -0.2) is 0 Å². The van der Waals surface area contributed by atoms with Gasteiger partial charge in [-0.15, -0.1) is 0 Å². The summed E-state index contributed by atoms with van der Waals surface area (Å²) in [7, 11) is 0. The zero-order valence-electron chi connectivity index (χ0n) is 19.1. The lowest BCUT2D eigenvalue weighted by atomic mass is 10.0. The van der Waals surface area contributed by atoms with Gasteiger partial charge in [0, 0.05) is 5.69 Å². The number of ether oxygens (including phenoxy) is 1. The van der Waals surface area contributed by atoms with E-state index in [1.807, 2.05) is 42.5 Å². The standard InChI is InChI=1S/C25H29N3O7/c26-18(24(32)33)15-35-25(34)20(12-10-16-6-2-1-3-7-16)27-19-13-11-17-8-4-5-9-21(17)28(23(19)31)14-22(29)30/h1-9,18-20,27H,10-15,26H2,(H,29,30)(H,32,33)/t18-,19+,20-/m0/s1. The van der Waals surface area contributed by atoms with Gasteiger partial charge in [0.15, 0.2) is 0 Å². The number of benzene rings is 2. The number of anilines is 1. The van der Waals surface area contributed by atoms with E-state index in [0.717, 1.165) is 11.1 Å². The fourth-order valence-corrected chi connectivity index (χ4v) is 3.98. The van der Waals surface area contributed by atoms with Crippen LogP contribution in [0.4, 0.5) is 5.69 Å². The fourth-order valence-electron chi connectivity index (χ4n) is 3.98. The number of nitrogens with one attached hydrogen (secondary N) is 1. The van der Waals surface area contributed by atoms with Crippen LogP contribution in [0.1, 0.15) is 24.0 Å². The first kappa shape index (κ1) is 25.9. The highest BCUT2D eigenvalue weighted by atomic mass is 16.5. The molecule has 0 aliphatic carbocycles. The number of rotatable bonds is 11. The molecule has 1 aliphatic heterocycles. The van der Waals surface area contributed by atoms with Crippen molar-refractivity contribution < 1.29 is 34.1 Å². The fraction of sp³-hybridized carbons (Fsp3) is 0.360. The number of para-hydroxylation sites is 1. The van der Waals surface area contributed by atoms with Crippen LogP contribution in [-0.4, -0.2) is 65.3 Å². The molecule has 2 aromatic rings. The number of nitrogens with zero attached hydrogens (tertiary/aromatic N) is 1. The van der Waals surface area contributed by atoms with Crippen LogP contribution in [0.25, 0.3) is 0 Å². The van der Waals surface area contributed by atoms with Gasteiger partial charge in [0.1, 0.15) is 25.2 Å². The molecule has 0 radical (unpaired) electrons. The number of carbonyl (C=O) groups excluding carboxylic acids is 2. The van der Waals surface area contributed by atoms with E-state index < -0.39 is 55.1 Å². The Bertz CT molecular complexity index is 1060. The molecule has 3 atom stereocenters. The predicted molar refractivity (Wildman–Crippen MR) is 127 cm³/mol. The molecule has 1 amide bonds. The van der Waals surface area contributed by atoms with Crippen LogP contribution in [0.3, 0.4) is 0 Å². The maximum absolute atomic E-state index is 13.4. The van der Waals surface area contributed by atoms with Gasteiger partial charge >= 0.3 is 17.9 Å². The molecule has 0 saturated heterocycles. The number of hydrogen-bond donors (Lipinski definition) is 4. The minimum atomic E-state index is -1.37. The highest BCUT2D eigenvalue weighted by Gasteiger charge is 2.34. The summed E-state index contributed by atoms with van der Waals surface area (Å²) in [6, 6.07) is 13.4. The summed E-state index contributed by atoms with van der Waals surface area (Å²) >= 11 is 0. The molecule has 2 aromatic carbocycles. The van der Waals surface area contributed by atoms with E-state index in [1.54, 1.807) is 12.1 Å². The molecule has 10 nitrogen and oxygen atoms in total. The third-order valence-corrected chi connectivity index (χ3v) is 5.82. The van der Waals surface area contributed by atoms with Crippen molar-refractivity contribution in [2.45, 2.75) is 43.8 Å². The quantitative estimate of drug-likeness (QED) is 0.342. The third-order valence-electron chi connectivity index (χ3n) is 5.82. The first-order chi connectivity index (χ1) is 16.8. The molecule has 0 spiro atoms. The molecule has 1 aliphatic rings. The lowest BCUT2D eigenvalue weighted by Gasteiger charge is -2.27. The van der Waals surface area contributed by atoms with Crippen LogP contribution in [-0.2, 0) is 36.8 Å². The minimum absolute atomic E-state index is 0.279. The average Bonchev–Trinajstić information content (AvgIpc) is 2.97. The maximum Gasteiger partial charge on any atom is 0.324 e.